The smallest absolute Gasteiger partial charge is 0.158 e. The van der Waals surface area contributed by atoms with Crippen LogP contribution in [0.3, 0.4) is 0 Å². The van der Waals surface area contributed by atoms with Gasteiger partial charge in [0.05, 0.1) is 18.2 Å². The lowest BCUT2D eigenvalue weighted by molar-refractivity contribution is -0.211. The molecule has 0 aromatic heterocycles. The molecule has 1 heterocycles. The number of hydrogen-bond acceptors (Lipinski definition) is 4. The van der Waals surface area contributed by atoms with Crippen molar-refractivity contribution in [1.29, 1.82) is 0 Å². The molecule has 0 aromatic rings. The van der Waals surface area contributed by atoms with Crippen molar-refractivity contribution in [2.45, 2.75) is 37.9 Å². The third-order valence-corrected chi connectivity index (χ3v) is 2.14. The van der Waals surface area contributed by atoms with Crippen LogP contribution in [-0.4, -0.2) is 36.8 Å². The van der Waals surface area contributed by atoms with E-state index in [2.05, 4.69) is 10.0 Å². The number of aliphatic hydroxyl groups excluding tert-OH is 1. The van der Waals surface area contributed by atoms with Crippen molar-refractivity contribution >= 4 is 0 Å². The minimum atomic E-state index is -0.748. The minimum Gasteiger partial charge on any atom is -0.390 e. The Kier molecular flexibility index (Phi) is 3.50. The maximum absolute atomic E-state index is 9.54. The predicted molar refractivity (Wildman–Crippen MR) is 44.9 cm³/mol. The molecule has 1 fully saturated rings. The minimum absolute atomic E-state index is 0.366. The Morgan fingerprint density at radius 1 is 1.69 bits per heavy atom. The van der Waals surface area contributed by atoms with Gasteiger partial charge >= 0.3 is 0 Å². The molecule has 0 aliphatic carbocycles. The second kappa shape index (κ2) is 4.43. The fourth-order valence-electron chi connectivity index (χ4n) is 1.36. The molecule has 4 atom stereocenters. The van der Waals surface area contributed by atoms with E-state index in [1.807, 2.05) is 0 Å². The quantitative estimate of drug-likeness (QED) is 0.394. The summed E-state index contributed by atoms with van der Waals surface area (Å²) >= 11 is 0. The molecule has 0 spiro atoms. The lowest BCUT2D eigenvalue weighted by Crippen LogP contribution is -2.46. The highest BCUT2D eigenvalue weighted by Crippen LogP contribution is 2.22. The standard InChI is InChI=1S/C7H13N3O3/c1-4-7(11)5(9-10-8)3-6(12-2)13-4/h4-7,11H,3H2,1-2H3/t4-,5-,6-,7-/m0/s1. The summed E-state index contributed by atoms with van der Waals surface area (Å²) < 4.78 is 10.2. The number of rotatable bonds is 2. The van der Waals surface area contributed by atoms with Crippen LogP contribution < -0.4 is 0 Å². The largest absolute Gasteiger partial charge is 0.390 e. The number of methoxy groups -OCH3 is 1. The molecule has 0 aromatic carbocycles. The first-order valence-corrected chi connectivity index (χ1v) is 4.09. The molecular weight excluding hydrogens is 174 g/mol. The second-order valence-corrected chi connectivity index (χ2v) is 3.01. The van der Waals surface area contributed by atoms with Gasteiger partial charge in [-0.3, -0.25) is 0 Å². The molecule has 0 amide bonds. The normalized spacial score (nSPS) is 39.6. The van der Waals surface area contributed by atoms with E-state index in [0.717, 1.165) is 0 Å². The molecule has 1 aliphatic heterocycles. The molecule has 0 bridgehead atoms. The first-order chi connectivity index (χ1) is 6.19. The molecule has 0 unspecified atom stereocenters. The second-order valence-electron chi connectivity index (χ2n) is 3.01. The van der Waals surface area contributed by atoms with Crippen LogP contribution in [0, 0.1) is 0 Å². The van der Waals surface area contributed by atoms with Gasteiger partial charge in [-0.05, 0) is 12.5 Å². The Labute approximate surface area is 76.1 Å². The maximum Gasteiger partial charge on any atom is 0.158 e. The molecule has 6 heteroatoms. The SMILES string of the molecule is CO[C@@H]1C[C@H](N=[N+]=[N-])[C@@H](O)[C@H](C)O1. The summed E-state index contributed by atoms with van der Waals surface area (Å²) in [6.45, 7) is 1.72. The highest BCUT2D eigenvalue weighted by molar-refractivity contribution is 4.85. The number of azide groups is 1. The third kappa shape index (κ3) is 2.32. The van der Waals surface area contributed by atoms with E-state index in [4.69, 9.17) is 15.0 Å². The van der Waals surface area contributed by atoms with E-state index in [-0.39, 0.29) is 6.10 Å². The predicted octanol–water partition coefficient (Wildman–Crippen LogP) is 0.807. The van der Waals surface area contributed by atoms with Gasteiger partial charge in [-0.2, -0.15) is 0 Å². The van der Waals surface area contributed by atoms with Gasteiger partial charge in [0.2, 0.25) is 0 Å². The van der Waals surface area contributed by atoms with Gasteiger partial charge < -0.3 is 14.6 Å². The summed E-state index contributed by atoms with van der Waals surface area (Å²) in [5, 5.41) is 13.0. The molecule has 6 nitrogen and oxygen atoms in total. The molecule has 1 aliphatic rings. The van der Waals surface area contributed by atoms with Gasteiger partial charge in [0.25, 0.3) is 0 Å². The van der Waals surface area contributed by atoms with Crippen LogP contribution in [0.25, 0.3) is 10.4 Å². The van der Waals surface area contributed by atoms with Crippen molar-refractivity contribution in [2.75, 3.05) is 7.11 Å². The number of ether oxygens (including phenoxy) is 2. The fraction of sp³-hybridized carbons (Fsp3) is 1.00. The molecule has 1 N–H and O–H groups in total. The van der Waals surface area contributed by atoms with Crippen LogP contribution in [0.2, 0.25) is 0 Å². The Balaban J connectivity index is 2.65. The number of aliphatic hydroxyl groups is 1. The highest BCUT2D eigenvalue weighted by Gasteiger charge is 2.34. The Bertz CT molecular complexity index is 217. The lowest BCUT2D eigenvalue weighted by Gasteiger charge is -2.34. The van der Waals surface area contributed by atoms with Crippen molar-refractivity contribution in [3.8, 4) is 0 Å². The molecule has 1 saturated heterocycles. The summed E-state index contributed by atoms with van der Waals surface area (Å²) in [5.74, 6) is 0. The van der Waals surface area contributed by atoms with Crippen molar-refractivity contribution < 1.29 is 14.6 Å². The monoisotopic (exact) mass is 187 g/mol. The maximum atomic E-state index is 9.54. The van der Waals surface area contributed by atoms with Crippen LogP contribution in [0.15, 0.2) is 5.11 Å². The molecule has 13 heavy (non-hydrogen) atoms. The van der Waals surface area contributed by atoms with Gasteiger partial charge in [-0.1, -0.05) is 5.11 Å². The summed E-state index contributed by atoms with van der Waals surface area (Å²) in [4.78, 5) is 2.67. The average molecular weight is 187 g/mol. The van der Waals surface area contributed by atoms with Crippen molar-refractivity contribution in [2.24, 2.45) is 5.11 Å². The topological polar surface area (TPSA) is 87.5 Å². The zero-order chi connectivity index (χ0) is 9.84. The van der Waals surface area contributed by atoms with Crippen molar-refractivity contribution in [3.63, 3.8) is 0 Å². The van der Waals surface area contributed by atoms with Crippen LogP contribution in [0.5, 0.6) is 0 Å². The van der Waals surface area contributed by atoms with Gasteiger partial charge in [-0.15, -0.1) is 0 Å². The van der Waals surface area contributed by atoms with Crippen LogP contribution in [0.1, 0.15) is 13.3 Å². The van der Waals surface area contributed by atoms with E-state index >= 15 is 0 Å². The van der Waals surface area contributed by atoms with Crippen LogP contribution in [-0.2, 0) is 9.47 Å². The molecule has 0 radical (unpaired) electrons. The highest BCUT2D eigenvalue weighted by atomic mass is 16.7. The fourth-order valence-corrected chi connectivity index (χ4v) is 1.36. The summed E-state index contributed by atoms with van der Waals surface area (Å²) in [7, 11) is 1.52. The summed E-state index contributed by atoms with van der Waals surface area (Å²) in [6, 6.07) is -0.460. The zero-order valence-corrected chi connectivity index (χ0v) is 7.62. The van der Waals surface area contributed by atoms with E-state index in [0.29, 0.717) is 6.42 Å². The molecule has 1 rings (SSSR count). The third-order valence-electron chi connectivity index (χ3n) is 2.14. The molecule has 74 valence electrons. The van der Waals surface area contributed by atoms with Gasteiger partial charge in [-0.25, -0.2) is 0 Å². The Morgan fingerprint density at radius 3 is 2.92 bits per heavy atom. The number of nitrogens with zero attached hydrogens (tertiary/aromatic N) is 3. The Morgan fingerprint density at radius 2 is 2.38 bits per heavy atom. The number of hydrogen-bond donors (Lipinski definition) is 1. The average Bonchev–Trinajstić information content (AvgIpc) is 2.13. The Hall–Kier alpha value is -0.810. The van der Waals surface area contributed by atoms with Gasteiger partial charge in [0.15, 0.2) is 6.29 Å². The van der Waals surface area contributed by atoms with Crippen molar-refractivity contribution in [3.05, 3.63) is 10.4 Å². The first-order valence-electron chi connectivity index (χ1n) is 4.09. The van der Waals surface area contributed by atoms with Crippen molar-refractivity contribution in [1.82, 2.24) is 0 Å². The zero-order valence-electron chi connectivity index (χ0n) is 7.62. The first kappa shape index (κ1) is 10.3. The van der Waals surface area contributed by atoms with E-state index in [9.17, 15) is 5.11 Å². The molecular formula is C7H13N3O3. The van der Waals surface area contributed by atoms with E-state index < -0.39 is 18.4 Å². The van der Waals surface area contributed by atoms with Crippen LogP contribution >= 0.6 is 0 Å². The van der Waals surface area contributed by atoms with Gasteiger partial charge in [0, 0.05) is 18.4 Å². The van der Waals surface area contributed by atoms with E-state index in [1.165, 1.54) is 7.11 Å². The van der Waals surface area contributed by atoms with Crippen LogP contribution in [0.4, 0.5) is 0 Å². The van der Waals surface area contributed by atoms with E-state index in [1.54, 1.807) is 6.92 Å². The van der Waals surface area contributed by atoms with Gasteiger partial charge in [0.1, 0.15) is 0 Å². The molecule has 0 saturated carbocycles. The summed E-state index contributed by atoms with van der Waals surface area (Å²) in [6.07, 6.45) is -1.11. The lowest BCUT2D eigenvalue weighted by atomic mass is 10.0. The summed E-state index contributed by atoms with van der Waals surface area (Å²) in [5.41, 5.74) is 8.25.